The Kier molecular flexibility index (Phi) is 4.20. The van der Waals surface area contributed by atoms with E-state index in [0.717, 1.165) is 5.57 Å². The van der Waals surface area contributed by atoms with Gasteiger partial charge in [-0.25, -0.2) is 4.73 Å². The number of hydrogen-bond acceptors (Lipinski definition) is 4. The summed E-state index contributed by atoms with van der Waals surface area (Å²) in [6, 6.07) is 3.69. The molecule has 1 aromatic rings. The molecule has 2 unspecified atom stereocenters. The summed E-state index contributed by atoms with van der Waals surface area (Å²) >= 11 is 0. The molecule has 108 valence electrons. The first-order valence-corrected chi connectivity index (χ1v) is 6.66. The lowest BCUT2D eigenvalue weighted by molar-refractivity contribution is -0.617. The van der Waals surface area contributed by atoms with Crippen molar-refractivity contribution in [3.63, 3.8) is 0 Å². The van der Waals surface area contributed by atoms with Crippen LogP contribution >= 0.6 is 0 Å². The Morgan fingerprint density at radius 2 is 2.38 bits per heavy atom. The molecule has 1 N–H and O–H groups in total. The average molecular weight is 283 g/mol. The van der Waals surface area contributed by atoms with Crippen LogP contribution in [0.3, 0.4) is 0 Å². The van der Waals surface area contributed by atoms with E-state index in [1.54, 1.807) is 30.4 Å². The van der Waals surface area contributed by atoms with Crippen molar-refractivity contribution in [2.75, 3.05) is 0 Å². The van der Waals surface area contributed by atoms with Crippen molar-refractivity contribution in [1.82, 2.24) is 4.98 Å². The van der Waals surface area contributed by atoms with Gasteiger partial charge in [-0.05, 0) is 32.1 Å². The molecule has 0 aromatic carbocycles. The third-order valence-electron chi connectivity index (χ3n) is 3.39. The van der Waals surface area contributed by atoms with E-state index >= 15 is 0 Å². The second-order valence-corrected chi connectivity index (χ2v) is 5.38. The van der Waals surface area contributed by atoms with E-state index in [-0.39, 0.29) is 5.92 Å². The Balaban J connectivity index is 2.39. The minimum Gasteiger partial charge on any atom is -0.711 e. The van der Waals surface area contributed by atoms with Crippen molar-refractivity contribution >= 4 is 0 Å². The molecule has 0 aliphatic heterocycles. The Bertz CT molecular complexity index is 666. The molecule has 1 aromatic heterocycles. The van der Waals surface area contributed by atoms with Crippen LogP contribution in [0.4, 0.5) is 0 Å². The van der Waals surface area contributed by atoms with Crippen molar-refractivity contribution in [2.45, 2.75) is 25.9 Å². The third-order valence-corrected chi connectivity index (χ3v) is 3.39. The summed E-state index contributed by atoms with van der Waals surface area (Å²) in [6.07, 6.45) is 9.71. The first-order valence-electron chi connectivity index (χ1n) is 6.66. The highest BCUT2D eigenvalue weighted by Crippen LogP contribution is 2.31. The second-order valence-electron chi connectivity index (χ2n) is 5.38. The number of hydrogen-bond donors (Lipinski definition) is 1. The summed E-state index contributed by atoms with van der Waals surface area (Å²) in [4.78, 5) is 3.75. The first-order chi connectivity index (χ1) is 9.94. The topological polar surface area (TPSA) is 83.8 Å². The van der Waals surface area contributed by atoms with E-state index in [9.17, 15) is 10.3 Å². The molecule has 0 amide bonds. The lowest BCUT2D eigenvalue weighted by Gasteiger charge is -2.32. The van der Waals surface area contributed by atoms with Crippen LogP contribution in [-0.4, -0.2) is 15.7 Å². The van der Waals surface area contributed by atoms with Crippen molar-refractivity contribution in [3.05, 3.63) is 64.9 Å². The summed E-state index contributed by atoms with van der Waals surface area (Å²) in [6.45, 7) is 3.79. The normalized spacial score (nSPS) is 24.1. The lowest BCUT2D eigenvalue weighted by Crippen LogP contribution is -2.40. The Morgan fingerprint density at radius 3 is 3.00 bits per heavy atom. The summed E-state index contributed by atoms with van der Waals surface area (Å²) < 4.78 is 0.682. The number of rotatable bonds is 3. The molecule has 0 fully saturated rings. The van der Waals surface area contributed by atoms with Gasteiger partial charge in [-0.3, -0.25) is 0 Å². The van der Waals surface area contributed by atoms with Crippen LogP contribution in [-0.2, 0) is 6.42 Å². The van der Waals surface area contributed by atoms with Crippen molar-refractivity contribution < 1.29 is 9.84 Å². The molecule has 1 aliphatic carbocycles. The number of nitrogens with zero attached hydrogens (tertiary/aromatic N) is 3. The third kappa shape index (κ3) is 3.36. The maximum atomic E-state index is 11.7. The molecule has 5 heteroatoms. The molecule has 21 heavy (non-hydrogen) atoms. The van der Waals surface area contributed by atoms with Gasteiger partial charge in [0.2, 0.25) is 0 Å². The first kappa shape index (κ1) is 14.9. The van der Waals surface area contributed by atoms with Crippen LogP contribution in [0.15, 0.2) is 54.0 Å². The van der Waals surface area contributed by atoms with Gasteiger partial charge in [-0.15, -0.1) is 0 Å². The monoisotopic (exact) mass is 283 g/mol. The van der Waals surface area contributed by atoms with E-state index in [2.05, 4.69) is 11.1 Å². The summed E-state index contributed by atoms with van der Waals surface area (Å²) in [5.41, 5.74) is 0.749. The predicted octanol–water partition coefficient (Wildman–Crippen LogP) is 1.59. The average Bonchev–Trinajstić information content (AvgIpc) is 2.43. The van der Waals surface area contributed by atoms with E-state index < -0.39 is 5.60 Å². The highest BCUT2D eigenvalue weighted by atomic mass is 16.5. The summed E-state index contributed by atoms with van der Waals surface area (Å²) in [7, 11) is 0. The zero-order valence-corrected chi connectivity index (χ0v) is 12.0. The van der Waals surface area contributed by atoms with Crippen LogP contribution in [0.1, 0.15) is 19.5 Å². The van der Waals surface area contributed by atoms with Gasteiger partial charge in [-0.1, -0.05) is 16.6 Å². The summed E-state index contributed by atoms with van der Waals surface area (Å²) in [5, 5.41) is 31.6. The fourth-order valence-corrected chi connectivity index (χ4v) is 2.43. The van der Waals surface area contributed by atoms with Gasteiger partial charge in [0.15, 0.2) is 0 Å². The maximum Gasteiger partial charge on any atom is 0.289 e. The molecule has 5 nitrogen and oxygen atoms in total. The minimum atomic E-state index is -1.20. The molecule has 0 saturated carbocycles. The second kappa shape index (κ2) is 5.90. The van der Waals surface area contributed by atoms with Crippen LogP contribution in [0.2, 0.25) is 0 Å². The molecular weight excluding hydrogens is 266 g/mol. The molecular formula is C16H17N3O2. The molecule has 1 heterocycles. The van der Waals surface area contributed by atoms with Gasteiger partial charge in [0.1, 0.15) is 17.5 Å². The van der Waals surface area contributed by atoms with Gasteiger partial charge in [0.05, 0.1) is 6.07 Å². The predicted molar refractivity (Wildman–Crippen MR) is 77.6 cm³/mol. The van der Waals surface area contributed by atoms with Crippen LogP contribution in [0, 0.1) is 22.5 Å². The molecule has 2 rings (SSSR count). The SMILES string of the molecule is CC(C)=CC1(O)C=CC(C#N)=CC1Cc1ccnc[n+]1[O-]. The van der Waals surface area contributed by atoms with Crippen molar-refractivity contribution in [3.8, 4) is 6.07 Å². The lowest BCUT2D eigenvalue weighted by atomic mass is 9.78. The smallest absolute Gasteiger partial charge is 0.289 e. The molecule has 0 bridgehead atoms. The Hall–Kier alpha value is -2.45. The van der Waals surface area contributed by atoms with Crippen LogP contribution in [0.25, 0.3) is 0 Å². The van der Waals surface area contributed by atoms with Crippen molar-refractivity contribution in [2.24, 2.45) is 5.92 Å². The van der Waals surface area contributed by atoms with E-state index in [1.165, 1.54) is 12.5 Å². The molecule has 0 radical (unpaired) electrons. The number of allylic oxidation sites excluding steroid dienone is 3. The highest BCUT2D eigenvalue weighted by molar-refractivity contribution is 5.42. The van der Waals surface area contributed by atoms with E-state index in [4.69, 9.17) is 5.26 Å². The fourth-order valence-electron chi connectivity index (χ4n) is 2.43. The zero-order valence-electron chi connectivity index (χ0n) is 12.0. The number of nitriles is 1. The highest BCUT2D eigenvalue weighted by Gasteiger charge is 2.34. The maximum absolute atomic E-state index is 11.7. The van der Waals surface area contributed by atoms with Crippen molar-refractivity contribution in [1.29, 1.82) is 5.26 Å². The standard InChI is InChI=1S/C16H17N3O2/c1-12(2)9-16(20)5-3-13(10-17)7-14(16)8-15-4-6-18-11-19(15)21/h3-7,9,11,14,20H,8H2,1-2H3. The van der Waals surface area contributed by atoms with Gasteiger partial charge in [0, 0.05) is 24.0 Å². The molecule has 2 atom stereocenters. The number of aliphatic hydroxyl groups is 1. The summed E-state index contributed by atoms with van der Waals surface area (Å²) in [5.74, 6) is -0.380. The Morgan fingerprint density at radius 1 is 1.62 bits per heavy atom. The van der Waals surface area contributed by atoms with Gasteiger partial charge in [0.25, 0.3) is 6.33 Å². The molecule has 0 saturated heterocycles. The van der Waals surface area contributed by atoms with Crippen LogP contribution < -0.4 is 4.73 Å². The van der Waals surface area contributed by atoms with Gasteiger partial charge in [-0.2, -0.15) is 5.26 Å². The Labute approximate surface area is 123 Å². The van der Waals surface area contributed by atoms with Crippen LogP contribution in [0.5, 0.6) is 0 Å². The zero-order chi connectivity index (χ0) is 15.5. The van der Waals surface area contributed by atoms with E-state index in [0.29, 0.717) is 22.4 Å². The molecule has 1 aliphatic rings. The van der Waals surface area contributed by atoms with Gasteiger partial charge < -0.3 is 10.3 Å². The molecule has 0 spiro atoms. The fraction of sp³-hybridized carbons (Fsp3) is 0.312. The van der Waals surface area contributed by atoms with E-state index in [1.807, 2.05) is 13.8 Å². The quantitative estimate of drug-likeness (QED) is 0.518. The minimum absolute atomic E-state index is 0.321. The van der Waals surface area contributed by atoms with Gasteiger partial charge >= 0.3 is 0 Å². The number of aromatic nitrogens is 2. The largest absolute Gasteiger partial charge is 0.711 e.